The highest BCUT2D eigenvalue weighted by molar-refractivity contribution is 7.89. The third-order valence-corrected chi connectivity index (χ3v) is 7.13. The molecule has 9 heteroatoms. The molecule has 2 aliphatic rings. The number of benzene rings is 1. The lowest BCUT2D eigenvalue weighted by Gasteiger charge is -2.26. The van der Waals surface area contributed by atoms with Gasteiger partial charge >= 0.3 is 0 Å². The maximum atomic E-state index is 13.0. The van der Waals surface area contributed by atoms with Gasteiger partial charge in [0.25, 0.3) is 0 Å². The van der Waals surface area contributed by atoms with Gasteiger partial charge in [0, 0.05) is 30.7 Å². The Kier molecular flexibility index (Phi) is 7.50. The average Bonchev–Trinajstić information content (AvgIpc) is 3.09. The fourth-order valence-corrected chi connectivity index (χ4v) is 5.40. The summed E-state index contributed by atoms with van der Waals surface area (Å²) in [4.78, 5) is 12.5. The topological polar surface area (TPSA) is 102 Å². The molecule has 1 aromatic rings. The van der Waals surface area contributed by atoms with Gasteiger partial charge < -0.3 is 15.8 Å². The summed E-state index contributed by atoms with van der Waals surface area (Å²) >= 11 is 0. The molecule has 2 unspecified atom stereocenters. The second-order valence-corrected chi connectivity index (χ2v) is 9.00. The molecule has 1 aliphatic carbocycles. The largest absolute Gasteiger partial charge is 0.495 e. The Bertz CT molecular complexity index is 766. The number of carbonyl (C=O) groups excluding carboxylic acids is 1. The average molecular weight is 418 g/mol. The summed E-state index contributed by atoms with van der Waals surface area (Å²) in [5.74, 6) is 0.0650. The smallest absolute Gasteiger partial charge is 0.246 e. The van der Waals surface area contributed by atoms with Gasteiger partial charge in [-0.25, -0.2) is 8.42 Å². The highest BCUT2D eigenvalue weighted by Gasteiger charge is 2.31. The van der Waals surface area contributed by atoms with Gasteiger partial charge in [0.05, 0.1) is 7.11 Å². The number of rotatable bonds is 5. The number of carbonyl (C=O) groups is 1. The SMILES string of the molecule is COc1ccc(NC(=O)C2CCC(N)C2)cc1S(=O)(=O)N1CCCCC1.Cl. The van der Waals surface area contributed by atoms with E-state index in [2.05, 4.69) is 5.32 Å². The molecule has 3 rings (SSSR count). The molecule has 2 fully saturated rings. The molecule has 1 amide bonds. The molecule has 0 spiro atoms. The summed E-state index contributed by atoms with van der Waals surface area (Å²) in [5, 5.41) is 2.84. The minimum Gasteiger partial charge on any atom is -0.495 e. The highest BCUT2D eigenvalue weighted by Crippen LogP contribution is 2.32. The molecule has 3 N–H and O–H groups in total. The number of anilines is 1. The van der Waals surface area contributed by atoms with Crippen LogP contribution >= 0.6 is 12.4 Å². The summed E-state index contributed by atoms with van der Waals surface area (Å²) in [6.45, 7) is 1.03. The second-order valence-electron chi connectivity index (χ2n) is 7.09. The van der Waals surface area contributed by atoms with Crippen molar-refractivity contribution in [1.29, 1.82) is 0 Å². The minimum atomic E-state index is -3.65. The van der Waals surface area contributed by atoms with E-state index < -0.39 is 10.0 Å². The van der Waals surface area contributed by atoms with Crippen molar-refractivity contribution in [3.8, 4) is 5.75 Å². The van der Waals surface area contributed by atoms with Crippen molar-refractivity contribution in [3.05, 3.63) is 18.2 Å². The number of methoxy groups -OCH3 is 1. The van der Waals surface area contributed by atoms with Crippen LogP contribution in [0.25, 0.3) is 0 Å². The first-order valence-electron chi connectivity index (χ1n) is 9.16. The van der Waals surface area contributed by atoms with E-state index in [-0.39, 0.29) is 40.9 Å². The number of hydrogen-bond donors (Lipinski definition) is 2. The van der Waals surface area contributed by atoms with E-state index in [0.717, 1.165) is 32.1 Å². The van der Waals surface area contributed by atoms with Crippen molar-refractivity contribution in [2.24, 2.45) is 11.7 Å². The van der Waals surface area contributed by atoms with Gasteiger partial charge in [0.1, 0.15) is 10.6 Å². The zero-order chi connectivity index (χ0) is 18.7. The Labute approximate surface area is 167 Å². The van der Waals surface area contributed by atoms with Crippen molar-refractivity contribution in [2.45, 2.75) is 49.5 Å². The van der Waals surface area contributed by atoms with Crippen molar-refractivity contribution in [3.63, 3.8) is 0 Å². The van der Waals surface area contributed by atoms with E-state index in [1.807, 2.05) is 0 Å². The fraction of sp³-hybridized carbons (Fsp3) is 0.611. The summed E-state index contributed by atoms with van der Waals surface area (Å²) in [5.41, 5.74) is 6.34. The predicted molar refractivity (Wildman–Crippen MR) is 107 cm³/mol. The van der Waals surface area contributed by atoms with Crippen LogP contribution in [0.1, 0.15) is 38.5 Å². The van der Waals surface area contributed by atoms with Gasteiger partial charge in [0.15, 0.2) is 0 Å². The van der Waals surface area contributed by atoms with Gasteiger partial charge in [-0.2, -0.15) is 4.31 Å². The van der Waals surface area contributed by atoms with Crippen molar-refractivity contribution >= 4 is 34.0 Å². The molecular weight excluding hydrogens is 390 g/mol. The normalized spacial score (nSPS) is 23.5. The van der Waals surface area contributed by atoms with Crippen LogP contribution in [0.4, 0.5) is 5.69 Å². The lowest BCUT2D eigenvalue weighted by atomic mass is 10.1. The molecule has 1 saturated heterocycles. The molecule has 1 aromatic carbocycles. The van der Waals surface area contributed by atoms with Crippen molar-refractivity contribution < 1.29 is 17.9 Å². The third-order valence-electron chi connectivity index (χ3n) is 5.21. The zero-order valence-electron chi connectivity index (χ0n) is 15.5. The fourth-order valence-electron chi connectivity index (χ4n) is 3.70. The van der Waals surface area contributed by atoms with E-state index in [0.29, 0.717) is 25.2 Å². The van der Waals surface area contributed by atoms with Gasteiger partial charge in [-0.3, -0.25) is 4.79 Å². The molecule has 0 aromatic heterocycles. The van der Waals surface area contributed by atoms with Crippen LogP contribution in [0, 0.1) is 5.92 Å². The van der Waals surface area contributed by atoms with Gasteiger partial charge in [-0.1, -0.05) is 6.42 Å². The molecule has 27 heavy (non-hydrogen) atoms. The predicted octanol–water partition coefficient (Wildman–Crippen LogP) is 2.36. The van der Waals surface area contributed by atoms with Gasteiger partial charge in [-0.05, 0) is 50.3 Å². The van der Waals surface area contributed by atoms with Crippen LogP contribution in [0.3, 0.4) is 0 Å². The Morgan fingerprint density at radius 3 is 2.52 bits per heavy atom. The van der Waals surface area contributed by atoms with Crippen molar-refractivity contribution in [2.75, 3.05) is 25.5 Å². The maximum Gasteiger partial charge on any atom is 0.246 e. The highest BCUT2D eigenvalue weighted by atomic mass is 35.5. The zero-order valence-corrected chi connectivity index (χ0v) is 17.2. The first kappa shape index (κ1) is 21.9. The van der Waals surface area contributed by atoms with Crippen LogP contribution in [0.5, 0.6) is 5.75 Å². The lowest BCUT2D eigenvalue weighted by Crippen LogP contribution is -2.35. The number of piperidine rings is 1. The number of halogens is 1. The Morgan fingerprint density at radius 2 is 1.93 bits per heavy atom. The van der Waals surface area contributed by atoms with Crippen LogP contribution in [0.2, 0.25) is 0 Å². The summed E-state index contributed by atoms with van der Waals surface area (Å²) in [6, 6.07) is 4.82. The molecule has 7 nitrogen and oxygen atoms in total. The molecule has 2 atom stereocenters. The minimum absolute atomic E-state index is 0. The maximum absolute atomic E-state index is 13.0. The van der Waals surface area contributed by atoms with Crippen LogP contribution in [-0.4, -0.2) is 44.9 Å². The standard InChI is InChI=1S/C18H27N3O4S.ClH/c1-25-16-8-7-15(20-18(22)13-5-6-14(19)11-13)12-17(16)26(23,24)21-9-3-2-4-10-21;/h7-8,12-14H,2-6,9-11,19H2,1H3,(H,20,22);1H. The number of sulfonamides is 1. The third kappa shape index (κ3) is 4.93. The second kappa shape index (κ2) is 9.23. The Morgan fingerprint density at radius 1 is 1.22 bits per heavy atom. The van der Waals surface area contributed by atoms with Gasteiger partial charge in [-0.15, -0.1) is 12.4 Å². The molecule has 0 bridgehead atoms. The number of hydrogen-bond acceptors (Lipinski definition) is 5. The van der Waals surface area contributed by atoms with E-state index in [9.17, 15) is 13.2 Å². The van der Waals surface area contributed by atoms with E-state index in [1.54, 1.807) is 12.1 Å². The van der Waals surface area contributed by atoms with Crippen LogP contribution in [-0.2, 0) is 14.8 Å². The summed E-state index contributed by atoms with van der Waals surface area (Å²) in [7, 11) is -2.21. The summed E-state index contributed by atoms with van der Waals surface area (Å²) in [6.07, 6.45) is 5.04. The molecule has 1 heterocycles. The van der Waals surface area contributed by atoms with Gasteiger partial charge in [0.2, 0.25) is 15.9 Å². The lowest BCUT2D eigenvalue weighted by molar-refractivity contribution is -0.119. The number of nitrogens with two attached hydrogens (primary N) is 1. The number of amides is 1. The first-order chi connectivity index (χ1) is 12.4. The molecule has 0 radical (unpaired) electrons. The number of nitrogens with one attached hydrogen (secondary N) is 1. The van der Waals surface area contributed by atoms with Crippen LogP contribution in [0.15, 0.2) is 23.1 Å². The molecule has 1 aliphatic heterocycles. The van der Waals surface area contributed by atoms with Crippen LogP contribution < -0.4 is 15.8 Å². The monoisotopic (exact) mass is 417 g/mol. The number of ether oxygens (including phenoxy) is 1. The summed E-state index contributed by atoms with van der Waals surface area (Å²) < 4.78 is 32.8. The quantitative estimate of drug-likeness (QED) is 0.765. The Hall–Kier alpha value is -1.35. The molecular formula is C18H28ClN3O4S. The van der Waals surface area contributed by atoms with E-state index in [1.165, 1.54) is 17.5 Å². The van der Waals surface area contributed by atoms with Crippen molar-refractivity contribution in [1.82, 2.24) is 4.31 Å². The number of nitrogens with zero attached hydrogens (tertiary/aromatic N) is 1. The Balaban J connectivity index is 0.00000261. The van der Waals surface area contributed by atoms with E-state index >= 15 is 0 Å². The molecule has 152 valence electrons. The first-order valence-corrected chi connectivity index (χ1v) is 10.6. The molecule has 1 saturated carbocycles. The van der Waals surface area contributed by atoms with E-state index in [4.69, 9.17) is 10.5 Å².